The summed E-state index contributed by atoms with van der Waals surface area (Å²) in [6, 6.07) is 0. The van der Waals surface area contributed by atoms with E-state index >= 15 is 0 Å². The summed E-state index contributed by atoms with van der Waals surface area (Å²) in [6.07, 6.45) is 3.10. The zero-order valence-corrected chi connectivity index (χ0v) is 7.32. The van der Waals surface area contributed by atoms with Gasteiger partial charge in [0.2, 0.25) is 0 Å². The Kier molecular flexibility index (Phi) is 1.80. The van der Waals surface area contributed by atoms with Crippen molar-refractivity contribution in [2.24, 2.45) is 0 Å². The molecule has 3 nitrogen and oxygen atoms in total. The maximum atomic E-state index is 10.3. The summed E-state index contributed by atoms with van der Waals surface area (Å²) in [5, 5.41) is 0. The van der Waals surface area contributed by atoms with E-state index in [1.165, 1.54) is 6.08 Å². The standard InChI is InChI=1S/C4H5AsO3S/c6-9(7,8)4-2-1-3-5-4/h1-3,5H,(H,6,7,8). The molecule has 9 heavy (non-hydrogen) atoms. The van der Waals surface area contributed by atoms with Crippen molar-refractivity contribution < 1.29 is 13.0 Å². The maximum absolute atomic E-state index is 10.3. The van der Waals surface area contributed by atoms with E-state index in [1.54, 1.807) is 10.9 Å². The van der Waals surface area contributed by atoms with Gasteiger partial charge >= 0.3 is 59.5 Å². The van der Waals surface area contributed by atoms with Gasteiger partial charge in [-0.1, -0.05) is 0 Å². The minimum absolute atomic E-state index is 0.197. The van der Waals surface area contributed by atoms with Crippen molar-refractivity contribution >= 4 is 25.9 Å². The molecule has 1 heterocycles. The first-order valence-corrected chi connectivity index (χ1v) is 5.91. The predicted molar refractivity (Wildman–Crippen MR) is 35.9 cm³/mol. The van der Waals surface area contributed by atoms with E-state index in [-0.39, 0.29) is 3.69 Å². The molecule has 0 bridgehead atoms. The molecule has 1 atom stereocenters. The molecule has 1 rings (SSSR count). The van der Waals surface area contributed by atoms with E-state index in [0.717, 1.165) is 0 Å². The molecule has 0 fully saturated rings. The average Bonchev–Trinajstić information content (AvgIpc) is 2.08. The molecule has 0 aromatic carbocycles. The molecule has 1 aliphatic rings. The Labute approximate surface area is 59.9 Å². The van der Waals surface area contributed by atoms with Crippen molar-refractivity contribution in [3.63, 3.8) is 0 Å². The SMILES string of the molecule is O=S(=O)(O)C1=CC=C[AsH]1. The summed E-state index contributed by atoms with van der Waals surface area (Å²) >= 11 is -0.692. The summed E-state index contributed by atoms with van der Waals surface area (Å²) in [5.41, 5.74) is 0. The van der Waals surface area contributed by atoms with Crippen LogP contribution in [-0.2, 0) is 10.1 Å². The molecule has 0 spiro atoms. The Bertz CT molecular complexity index is 262. The second-order valence-corrected chi connectivity index (χ2v) is 6.09. The summed E-state index contributed by atoms with van der Waals surface area (Å²) < 4.78 is 29.2. The fourth-order valence-corrected chi connectivity index (χ4v) is 3.32. The zero-order chi connectivity index (χ0) is 6.91. The van der Waals surface area contributed by atoms with E-state index in [4.69, 9.17) is 4.55 Å². The third kappa shape index (κ3) is 1.68. The molecule has 0 saturated carbocycles. The van der Waals surface area contributed by atoms with Crippen LogP contribution >= 0.6 is 0 Å². The molecule has 50 valence electrons. The first kappa shape index (κ1) is 7.06. The van der Waals surface area contributed by atoms with Crippen LogP contribution in [0.5, 0.6) is 0 Å². The van der Waals surface area contributed by atoms with Crippen LogP contribution < -0.4 is 0 Å². The number of hydrogen-bond donors (Lipinski definition) is 1. The van der Waals surface area contributed by atoms with Gasteiger partial charge in [0.1, 0.15) is 0 Å². The van der Waals surface area contributed by atoms with E-state index in [0.29, 0.717) is 0 Å². The van der Waals surface area contributed by atoms with E-state index in [1.807, 2.05) is 0 Å². The van der Waals surface area contributed by atoms with Gasteiger partial charge in [-0.15, -0.1) is 0 Å². The molecular weight excluding hydrogens is 203 g/mol. The molecule has 0 amide bonds. The van der Waals surface area contributed by atoms with Gasteiger partial charge in [0.25, 0.3) is 0 Å². The Morgan fingerprint density at radius 3 is 2.44 bits per heavy atom. The molecule has 0 saturated heterocycles. The third-order valence-electron chi connectivity index (χ3n) is 0.847. The summed E-state index contributed by atoms with van der Waals surface area (Å²) in [7, 11) is -3.85. The van der Waals surface area contributed by atoms with Crippen LogP contribution in [0.15, 0.2) is 20.7 Å². The predicted octanol–water partition coefficient (Wildman–Crippen LogP) is -0.321. The molecular formula is C4H5AsO3S. The molecule has 0 aromatic heterocycles. The van der Waals surface area contributed by atoms with Gasteiger partial charge in [-0.2, -0.15) is 0 Å². The molecule has 5 heteroatoms. The summed E-state index contributed by atoms with van der Waals surface area (Å²) in [4.78, 5) is 1.79. The van der Waals surface area contributed by atoms with Gasteiger partial charge in [0.15, 0.2) is 0 Å². The van der Waals surface area contributed by atoms with Crippen LogP contribution in [0.4, 0.5) is 0 Å². The second-order valence-electron chi connectivity index (χ2n) is 1.51. The van der Waals surface area contributed by atoms with Gasteiger partial charge in [0.05, 0.1) is 0 Å². The van der Waals surface area contributed by atoms with Crippen LogP contribution in [0.1, 0.15) is 0 Å². The van der Waals surface area contributed by atoms with E-state index in [9.17, 15) is 8.42 Å². The second kappa shape index (κ2) is 2.29. The van der Waals surface area contributed by atoms with Gasteiger partial charge in [-0.05, 0) is 0 Å². The summed E-state index contributed by atoms with van der Waals surface area (Å²) in [5.74, 6) is 0. The van der Waals surface area contributed by atoms with Crippen LogP contribution in [0.2, 0.25) is 0 Å². The molecule has 1 N–H and O–H groups in total. The topological polar surface area (TPSA) is 54.4 Å². The van der Waals surface area contributed by atoms with E-state index < -0.39 is 25.9 Å². The number of allylic oxidation sites excluding steroid dienone is 2. The molecule has 0 aliphatic carbocycles. The van der Waals surface area contributed by atoms with Gasteiger partial charge in [0, 0.05) is 0 Å². The first-order valence-electron chi connectivity index (χ1n) is 2.21. The average molecular weight is 208 g/mol. The Hall–Kier alpha value is -0.0516. The third-order valence-corrected chi connectivity index (χ3v) is 5.48. The first-order chi connectivity index (χ1) is 4.11. The monoisotopic (exact) mass is 208 g/mol. The van der Waals surface area contributed by atoms with Gasteiger partial charge in [-0.3, -0.25) is 0 Å². The van der Waals surface area contributed by atoms with Crippen molar-refractivity contribution in [1.82, 2.24) is 0 Å². The Morgan fingerprint density at radius 2 is 2.22 bits per heavy atom. The van der Waals surface area contributed by atoms with Crippen molar-refractivity contribution in [1.29, 1.82) is 0 Å². The van der Waals surface area contributed by atoms with Crippen LogP contribution in [-0.4, -0.2) is 28.7 Å². The molecule has 0 radical (unpaired) electrons. The molecule has 1 aliphatic heterocycles. The Morgan fingerprint density at radius 1 is 1.56 bits per heavy atom. The van der Waals surface area contributed by atoms with E-state index in [2.05, 4.69) is 0 Å². The van der Waals surface area contributed by atoms with Crippen LogP contribution in [0.3, 0.4) is 0 Å². The van der Waals surface area contributed by atoms with Crippen molar-refractivity contribution in [2.45, 2.75) is 0 Å². The van der Waals surface area contributed by atoms with Crippen molar-refractivity contribution in [3.05, 3.63) is 20.7 Å². The summed E-state index contributed by atoms with van der Waals surface area (Å²) in [6.45, 7) is 0. The van der Waals surface area contributed by atoms with Gasteiger partial charge < -0.3 is 0 Å². The zero-order valence-electron chi connectivity index (χ0n) is 4.40. The minimum atomic E-state index is -3.85. The molecule has 0 aromatic rings. The number of rotatable bonds is 1. The fourth-order valence-electron chi connectivity index (χ4n) is 0.474. The van der Waals surface area contributed by atoms with Crippen molar-refractivity contribution in [2.75, 3.05) is 0 Å². The quantitative estimate of drug-likeness (QED) is 0.474. The van der Waals surface area contributed by atoms with Crippen LogP contribution in [0.25, 0.3) is 0 Å². The number of hydrogen-bond acceptors (Lipinski definition) is 2. The van der Waals surface area contributed by atoms with Crippen LogP contribution in [0, 0.1) is 0 Å². The normalized spacial score (nSPS) is 20.8. The molecule has 1 unspecified atom stereocenters. The van der Waals surface area contributed by atoms with Crippen molar-refractivity contribution in [3.8, 4) is 0 Å². The fraction of sp³-hybridized carbons (Fsp3) is 0. The Balaban J connectivity index is 2.92. The van der Waals surface area contributed by atoms with Gasteiger partial charge in [-0.25, -0.2) is 0 Å².